The van der Waals surface area contributed by atoms with Crippen LogP contribution in [-0.4, -0.2) is 5.75 Å². The van der Waals surface area contributed by atoms with Gasteiger partial charge in [-0.3, -0.25) is 0 Å². The van der Waals surface area contributed by atoms with E-state index >= 15 is 0 Å². The van der Waals surface area contributed by atoms with E-state index in [2.05, 4.69) is 15.2 Å². The minimum absolute atomic E-state index is 0.00549. The van der Waals surface area contributed by atoms with Gasteiger partial charge in [-0.2, -0.15) is 0 Å². The van der Waals surface area contributed by atoms with Crippen LogP contribution in [0.25, 0.3) is 0 Å². The first-order chi connectivity index (χ1) is 14.0. The maximum Gasteiger partial charge on any atom is 0.174 e. The number of nitroso groups, excluding NO2 is 1. The Morgan fingerprint density at radius 3 is 2.66 bits per heavy atom. The number of halogens is 3. The number of anilines is 3. The Hall–Kier alpha value is -2.40. The number of ether oxygens (including phenoxy) is 1. The molecule has 9 heteroatoms. The molecule has 0 amide bonds. The van der Waals surface area contributed by atoms with Crippen LogP contribution in [0.2, 0.25) is 0 Å². The van der Waals surface area contributed by atoms with Crippen molar-refractivity contribution < 1.29 is 13.5 Å². The number of hydrogen-bond acceptors (Lipinski definition) is 6. The predicted molar refractivity (Wildman–Crippen MR) is 123 cm³/mol. The van der Waals surface area contributed by atoms with E-state index in [9.17, 15) is 13.7 Å². The number of nitrogens with one attached hydrogen (secondary N) is 2. The third-order valence-corrected chi connectivity index (χ3v) is 5.07. The summed E-state index contributed by atoms with van der Waals surface area (Å²) < 4.78 is 37.9. The van der Waals surface area contributed by atoms with Gasteiger partial charge >= 0.3 is 0 Å². The highest BCUT2D eigenvalue weighted by Gasteiger charge is 2.16. The van der Waals surface area contributed by atoms with E-state index in [1.54, 1.807) is 24.3 Å². The second-order valence-corrected chi connectivity index (χ2v) is 8.12. The summed E-state index contributed by atoms with van der Waals surface area (Å²) in [6.45, 7) is 2.01. The number of nitrogens with zero attached hydrogens (tertiary/aromatic N) is 1. The Labute approximate surface area is 184 Å². The Kier molecular flexibility index (Phi) is 7.26. The van der Waals surface area contributed by atoms with Crippen LogP contribution < -0.4 is 14.8 Å². The molecule has 29 heavy (non-hydrogen) atoms. The van der Waals surface area contributed by atoms with Crippen LogP contribution >= 0.6 is 34.5 Å². The molecule has 0 aliphatic carbocycles. The lowest BCUT2D eigenvalue weighted by Gasteiger charge is -2.14. The Balaban J connectivity index is 1.93. The van der Waals surface area contributed by atoms with Gasteiger partial charge in [0, 0.05) is 27.1 Å². The van der Waals surface area contributed by atoms with Crippen LogP contribution in [0.5, 0.6) is 11.5 Å². The summed E-state index contributed by atoms with van der Waals surface area (Å²) >= 11 is 3.49. The van der Waals surface area contributed by atoms with Gasteiger partial charge in [-0.1, -0.05) is 24.9 Å². The largest absolute Gasteiger partial charge is 0.455 e. The molecule has 3 aromatic carbocycles. The highest BCUT2D eigenvalue weighted by molar-refractivity contribution is 14.1. The van der Waals surface area contributed by atoms with Crippen molar-refractivity contribution in [3.63, 3.8) is 0 Å². The van der Waals surface area contributed by atoms with E-state index < -0.39 is 11.6 Å². The molecule has 0 bridgehead atoms. The Bertz CT molecular complexity index is 1040. The molecule has 0 saturated heterocycles. The lowest BCUT2D eigenvalue weighted by molar-refractivity contribution is 0.479. The Morgan fingerprint density at radius 1 is 1.10 bits per heavy atom. The molecule has 3 rings (SSSR count). The van der Waals surface area contributed by atoms with Crippen molar-refractivity contribution in [2.75, 3.05) is 15.8 Å². The van der Waals surface area contributed by atoms with Crippen LogP contribution in [-0.2, 0) is 0 Å². The molecular weight excluding hydrogens is 511 g/mol. The van der Waals surface area contributed by atoms with Gasteiger partial charge < -0.3 is 14.8 Å². The summed E-state index contributed by atoms with van der Waals surface area (Å²) in [6, 6.07) is 13.6. The summed E-state index contributed by atoms with van der Waals surface area (Å²) in [4.78, 5) is 11.5. The average molecular weight is 527 g/mol. The van der Waals surface area contributed by atoms with Crippen LogP contribution in [0, 0.1) is 20.1 Å². The van der Waals surface area contributed by atoms with Gasteiger partial charge in [-0.25, -0.2) is 8.78 Å². The second kappa shape index (κ2) is 9.88. The van der Waals surface area contributed by atoms with Crippen LogP contribution in [0.15, 0.2) is 59.8 Å². The highest BCUT2D eigenvalue weighted by Crippen LogP contribution is 2.41. The van der Waals surface area contributed by atoms with E-state index in [1.807, 2.05) is 35.6 Å². The highest BCUT2D eigenvalue weighted by atomic mass is 127. The zero-order chi connectivity index (χ0) is 20.8. The minimum Gasteiger partial charge on any atom is -0.455 e. The van der Waals surface area contributed by atoms with Crippen molar-refractivity contribution in [3.05, 3.63) is 74.7 Å². The molecule has 5 nitrogen and oxygen atoms in total. The van der Waals surface area contributed by atoms with Crippen LogP contribution in [0.4, 0.5) is 31.5 Å². The van der Waals surface area contributed by atoms with Crippen molar-refractivity contribution >= 4 is 57.3 Å². The molecule has 0 aromatic heterocycles. The monoisotopic (exact) mass is 527 g/mol. The van der Waals surface area contributed by atoms with E-state index in [0.29, 0.717) is 9.32 Å². The third-order valence-electron chi connectivity index (χ3n) is 3.73. The van der Waals surface area contributed by atoms with Crippen molar-refractivity contribution in [2.45, 2.75) is 6.92 Å². The molecule has 0 aliphatic rings. The van der Waals surface area contributed by atoms with Crippen molar-refractivity contribution in [1.82, 2.24) is 0 Å². The molecule has 0 aliphatic heterocycles. The molecular formula is C20H16F2IN3O2S. The summed E-state index contributed by atoms with van der Waals surface area (Å²) in [5, 5.41) is 5.69. The third kappa shape index (κ3) is 5.57. The molecule has 0 heterocycles. The summed E-state index contributed by atoms with van der Waals surface area (Å²) in [7, 11) is 0. The fourth-order valence-electron chi connectivity index (χ4n) is 2.48. The minimum atomic E-state index is -0.656. The lowest BCUT2D eigenvalue weighted by atomic mass is 10.2. The second-order valence-electron chi connectivity index (χ2n) is 5.81. The van der Waals surface area contributed by atoms with Crippen molar-refractivity contribution in [3.8, 4) is 11.5 Å². The normalized spacial score (nSPS) is 10.5. The topological polar surface area (TPSA) is 62.7 Å². The van der Waals surface area contributed by atoms with Crippen molar-refractivity contribution in [2.24, 2.45) is 5.18 Å². The maximum absolute atomic E-state index is 14.2. The lowest BCUT2D eigenvalue weighted by Crippen LogP contribution is -1.97. The molecule has 0 fully saturated rings. The standard InChI is InChI=1S/C20H16F2IN3O2S/c1-2-29-26-14-4-3-5-15(11-14)28-19-9-12(21)8-18(20(19)25-27)24-17-7-6-13(23)10-16(17)22/h3-11,24,26H,2H2,1H3. The SMILES string of the molecule is CCSNc1cccc(Oc2cc(F)cc(Nc3ccc(I)cc3F)c2N=O)c1. The quantitative estimate of drug-likeness (QED) is 0.180. The molecule has 150 valence electrons. The molecule has 0 radical (unpaired) electrons. The zero-order valence-electron chi connectivity index (χ0n) is 15.2. The molecule has 2 N–H and O–H groups in total. The van der Waals surface area contributed by atoms with Gasteiger partial charge in [0.05, 0.1) is 11.4 Å². The van der Waals surface area contributed by atoms with Gasteiger partial charge in [0.2, 0.25) is 0 Å². The molecule has 3 aromatic rings. The van der Waals surface area contributed by atoms with Crippen LogP contribution in [0.1, 0.15) is 6.92 Å². The first kappa shape index (κ1) is 21.3. The number of rotatable bonds is 8. The van der Waals surface area contributed by atoms with Gasteiger partial charge in [-0.05, 0) is 64.2 Å². The van der Waals surface area contributed by atoms with E-state index in [4.69, 9.17) is 4.74 Å². The fraction of sp³-hybridized carbons (Fsp3) is 0.100. The van der Waals surface area contributed by atoms with E-state index in [-0.39, 0.29) is 22.8 Å². The summed E-state index contributed by atoms with van der Waals surface area (Å²) in [6.07, 6.45) is 0. The van der Waals surface area contributed by atoms with Crippen molar-refractivity contribution in [1.29, 1.82) is 0 Å². The Morgan fingerprint density at radius 2 is 1.93 bits per heavy atom. The number of benzene rings is 3. The molecule has 0 spiro atoms. The first-order valence-electron chi connectivity index (χ1n) is 8.55. The fourth-order valence-corrected chi connectivity index (χ4v) is 3.37. The zero-order valence-corrected chi connectivity index (χ0v) is 18.2. The summed E-state index contributed by atoms with van der Waals surface area (Å²) in [5.41, 5.74) is 0.733. The predicted octanol–water partition coefficient (Wildman–Crippen LogP) is 7.58. The van der Waals surface area contributed by atoms with Gasteiger partial charge in [0.1, 0.15) is 17.4 Å². The number of hydrogen-bond donors (Lipinski definition) is 2. The maximum atomic E-state index is 14.2. The molecule has 0 saturated carbocycles. The smallest absolute Gasteiger partial charge is 0.174 e. The van der Waals surface area contributed by atoms with E-state index in [1.165, 1.54) is 24.1 Å². The van der Waals surface area contributed by atoms with Crippen LogP contribution in [0.3, 0.4) is 0 Å². The molecule has 0 unspecified atom stereocenters. The molecule has 0 atom stereocenters. The van der Waals surface area contributed by atoms with Gasteiger partial charge in [-0.15, -0.1) is 4.91 Å². The van der Waals surface area contributed by atoms with Gasteiger partial charge in [0.25, 0.3) is 0 Å². The van der Waals surface area contributed by atoms with E-state index in [0.717, 1.165) is 23.6 Å². The van der Waals surface area contributed by atoms with Gasteiger partial charge in [0.15, 0.2) is 11.4 Å². The summed E-state index contributed by atoms with van der Waals surface area (Å²) in [5.74, 6) is 0.00447. The average Bonchev–Trinajstić information content (AvgIpc) is 2.69. The first-order valence-corrected chi connectivity index (χ1v) is 10.6.